The normalized spacial score (nSPS) is 26.1. The molecule has 1 atom stereocenters. The van der Waals surface area contributed by atoms with Gasteiger partial charge in [-0.1, -0.05) is 18.3 Å². The van der Waals surface area contributed by atoms with Crippen molar-refractivity contribution in [2.75, 3.05) is 13.1 Å². The van der Waals surface area contributed by atoms with Gasteiger partial charge in [0.15, 0.2) is 10.5 Å². The van der Waals surface area contributed by atoms with Gasteiger partial charge >= 0.3 is 0 Å². The van der Waals surface area contributed by atoms with E-state index < -0.39 is 0 Å². The second-order valence-electron chi connectivity index (χ2n) is 4.55. The van der Waals surface area contributed by atoms with Gasteiger partial charge in [0.05, 0.1) is 0 Å². The van der Waals surface area contributed by atoms with Gasteiger partial charge in [0, 0.05) is 24.4 Å². The van der Waals surface area contributed by atoms with Crippen LogP contribution in [0.15, 0.2) is 12.4 Å². The zero-order valence-electron chi connectivity index (χ0n) is 9.23. The Bertz CT molecular complexity index is 468. The summed E-state index contributed by atoms with van der Waals surface area (Å²) >= 11 is 1.68. The summed E-state index contributed by atoms with van der Waals surface area (Å²) in [5.41, 5.74) is 0.944. The first-order valence-corrected chi connectivity index (χ1v) is 6.38. The van der Waals surface area contributed by atoms with Crippen LogP contribution in [0.2, 0.25) is 0 Å². The van der Waals surface area contributed by atoms with E-state index in [1.54, 1.807) is 23.7 Å². The third kappa shape index (κ3) is 1.60. The summed E-state index contributed by atoms with van der Waals surface area (Å²) in [5, 5.41) is 4.61. The maximum Gasteiger partial charge on any atom is 0.189 e. The molecular weight excluding hydrogens is 220 g/mol. The van der Waals surface area contributed by atoms with Crippen molar-refractivity contribution in [1.82, 2.24) is 20.3 Å². The number of rotatable bonds is 1. The van der Waals surface area contributed by atoms with Gasteiger partial charge in [0.2, 0.25) is 0 Å². The van der Waals surface area contributed by atoms with Crippen LogP contribution in [0.3, 0.4) is 0 Å². The quantitative estimate of drug-likeness (QED) is 0.816. The van der Waals surface area contributed by atoms with Crippen LogP contribution >= 0.6 is 11.3 Å². The van der Waals surface area contributed by atoms with Gasteiger partial charge in [-0.3, -0.25) is 0 Å². The van der Waals surface area contributed by atoms with Gasteiger partial charge < -0.3 is 5.32 Å². The average molecular weight is 234 g/mol. The van der Waals surface area contributed by atoms with Crippen LogP contribution < -0.4 is 5.32 Å². The minimum absolute atomic E-state index is 0.158. The lowest BCUT2D eigenvalue weighted by molar-refractivity contribution is 0.339. The monoisotopic (exact) mass is 234 g/mol. The Morgan fingerprint density at radius 2 is 2.25 bits per heavy atom. The van der Waals surface area contributed by atoms with Gasteiger partial charge in [-0.25, -0.2) is 15.0 Å². The molecule has 16 heavy (non-hydrogen) atoms. The molecule has 0 aromatic carbocycles. The van der Waals surface area contributed by atoms with Crippen LogP contribution in [0.4, 0.5) is 0 Å². The Morgan fingerprint density at radius 3 is 3.00 bits per heavy atom. The van der Waals surface area contributed by atoms with E-state index in [2.05, 4.69) is 27.2 Å². The molecule has 1 saturated heterocycles. The molecule has 5 heteroatoms. The maximum atomic E-state index is 4.61. The second kappa shape index (κ2) is 3.75. The fraction of sp³-hybridized carbons (Fsp3) is 0.545. The molecule has 4 nitrogen and oxygen atoms in total. The standard InChI is InChI=1S/C11H14N4S/c1-11(3-2-4-12-7-11)10-15-8-9(16-10)14-6-5-13-8/h5-6,12H,2-4,7H2,1H3. The maximum absolute atomic E-state index is 4.61. The highest BCUT2D eigenvalue weighted by molar-refractivity contribution is 7.18. The van der Waals surface area contributed by atoms with Crippen LogP contribution in [-0.2, 0) is 5.41 Å². The minimum atomic E-state index is 0.158. The fourth-order valence-corrected chi connectivity index (χ4v) is 3.21. The molecule has 0 spiro atoms. The van der Waals surface area contributed by atoms with E-state index in [0.717, 1.165) is 23.6 Å². The lowest BCUT2D eigenvalue weighted by Gasteiger charge is -2.31. The third-order valence-electron chi connectivity index (χ3n) is 3.16. The molecule has 1 fully saturated rings. The molecule has 0 radical (unpaired) electrons. The molecule has 3 heterocycles. The van der Waals surface area contributed by atoms with E-state index in [0.29, 0.717) is 0 Å². The van der Waals surface area contributed by atoms with E-state index in [9.17, 15) is 0 Å². The molecule has 1 aliphatic heterocycles. The summed E-state index contributed by atoms with van der Waals surface area (Å²) in [7, 11) is 0. The van der Waals surface area contributed by atoms with Crippen molar-refractivity contribution >= 4 is 21.8 Å². The first-order chi connectivity index (χ1) is 7.78. The van der Waals surface area contributed by atoms with Crippen LogP contribution in [0.1, 0.15) is 24.8 Å². The summed E-state index contributed by atoms with van der Waals surface area (Å²) < 4.78 is 0. The highest BCUT2D eigenvalue weighted by Crippen LogP contribution is 2.34. The van der Waals surface area contributed by atoms with E-state index >= 15 is 0 Å². The molecule has 84 valence electrons. The van der Waals surface area contributed by atoms with Crippen molar-refractivity contribution < 1.29 is 0 Å². The lowest BCUT2D eigenvalue weighted by Crippen LogP contribution is -2.40. The first-order valence-electron chi connectivity index (χ1n) is 5.57. The van der Waals surface area contributed by atoms with Gasteiger partial charge in [0.1, 0.15) is 5.01 Å². The van der Waals surface area contributed by atoms with Crippen molar-refractivity contribution in [3.8, 4) is 0 Å². The second-order valence-corrected chi connectivity index (χ2v) is 5.52. The largest absolute Gasteiger partial charge is 0.316 e. The molecule has 0 amide bonds. The zero-order chi connectivity index (χ0) is 11.0. The van der Waals surface area contributed by atoms with E-state index in [1.807, 2.05) is 0 Å². The first kappa shape index (κ1) is 10.1. The number of nitrogens with zero attached hydrogens (tertiary/aromatic N) is 3. The zero-order valence-corrected chi connectivity index (χ0v) is 10.0. The molecule has 2 aromatic rings. The van der Waals surface area contributed by atoms with Gasteiger partial charge in [-0.15, -0.1) is 0 Å². The molecular formula is C11H14N4S. The van der Waals surface area contributed by atoms with Crippen molar-refractivity contribution in [2.45, 2.75) is 25.2 Å². The van der Waals surface area contributed by atoms with E-state index in [-0.39, 0.29) is 5.41 Å². The summed E-state index contributed by atoms with van der Waals surface area (Å²) in [5.74, 6) is 0. The predicted octanol–water partition coefficient (Wildman–Crippen LogP) is 1.73. The molecule has 1 N–H and O–H groups in total. The highest BCUT2D eigenvalue weighted by Gasteiger charge is 2.32. The molecule has 0 bridgehead atoms. The third-order valence-corrected chi connectivity index (χ3v) is 4.42. The van der Waals surface area contributed by atoms with Crippen molar-refractivity contribution in [1.29, 1.82) is 0 Å². The van der Waals surface area contributed by atoms with E-state index in [1.165, 1.54) is 17.8 Å². The summed E-state index contributed by atoms with van der Waals surface area (Å²) in [6, 6.07) is 0. The number of fused-ring (bicyclic) bond motifs is 1. The summed E-state index contributed by atoms with van der Waals surface area (Å²) in [6.07, 6.45) is 5.84. The number of hydrogen-bond acceptors (Lipinski definition) is 5. The fourth-order valence-electron chi connectivity index (χ4n) is 2.17. The molecule has 0 saturated carbocycles. The van der Waals surface area contributed by atoms with Crippen LogP contribution in [0.5, 0.6) is 0 Å². The number of piperidine rings is 1. The Labute approximate surface area is 98.1 Å². The molecule has 2 aromatic heterocycles. The van der Waals surface area contributed by atoms with Crippen LogP contribution in [-0.4, -0.2) is 28.0 Å². The van der Waals surface area contributed by atoms with Crippen LogP contribution in [0.25, 0.3) is 10.5 Å². The minimum Gasteiger partial charge on any atom is -0.316 e. The topological polar surface area (TPSA) is 50.7 Å². The smallest absolute Gasteiger partial charge is 0.189 e. The van der Waals surface area contributed by atoms with E-state index in [4.69, 9.17) is 0 Å². The predicted molar refractivity (Wildman–Crippen MR) is 64.7 cm³/mol. The molecule has 1 aliphatic rings. The SMILES string of the molecule is CC1(c2nc3nccnc3s2)CCCNC1. The highest BCUT2D eigenvalue weighted by atomic mass is 32.1. The Balaban J connectivity index is 2.04. The number of thiazole rings is 1. The lowest BCUT2D eigenvalue weighted by atomic mass is 9.83. The average Bonchev–Trinajstić information content (AvgIpc) is 2.74. The molecule has 0 aliphatic carbocycles. The Kier molecular flexibility index (Phi) is 2.37. The Hall–Kier alpha value is -1.07. The van der Waals surface area contributed by atoms with Gasteiger partial charge in [-0.2, -0.15) is 0 Å². The van der Waals surface area contributed by atoms with Crippen molar-refractivity contribution in [3.63, 3.8) is 0 Å². The van der Waals surface area contributed by atoms with Crippen LogP contribution in [0, 0.1) is 0 Å². The summed E-state index contributed by atoms with van der Waals surface area (Å²) in [4.78, 5) is 14.1. The van der Waals surface area contributed by atoms with Crippen molar-refractivity contribution in [2.24, 2.45) is 0 Å². The van der Waals surface area contributed by atoms with Gasteiger partial charge in [0.25, 0.3) is 0 Å². The summed E-state index contributed by atoms with van der Waals surface area (Å²) in [6.45, 7) is 4.40. The number of hydrogen-bond donors (Lipinski definition) is 1. The number of aromatic nitrogens is 3. The molecule has 3 rings (SSSR count). The number of nitrogens with one attached hydrogen (secondary N) is 1. The molecule has 1 unspecified atom stereocenters. The van der Waals surface area contributed by atoms with Crippen molar-refractivity contribution in [3.05, 3.63) is 17.4 Å². The Morgan fingerprint density at radius 1 is 1.38 bits per heavy atom. The van der Waals surface area contributed by atoms with Gasteiger partial charge in [-0.05, 0) is 19.4 Å².